The third-order valence-corrected chi connectivity index (χ3v) is 5.22. The van der Waals surface area contributed by atoms with Gasteiger partial charge < -0.3 is 5.32 Å². The summed E-state index contributed by atoms with van der Waals surface area (Å²) in [4.78, 5) is -0.318. The molecular weight excluding hydrogens is 293 g/mol. The fraction of sp³-hybridized carbons (Fsp3) is 0.500. The zero-order chi connectivity index (χ0) is 15.0. The van der Waals surface area contributed by atoms with Gasteiger partial charge in [-0.15, -0.1) is 0 Å². The van der Waals surface area contributed by atoms with Gasteiger partial charge in [-0.2, -0.15) is 17.5 Å². The fourth-order valence-electron chi connectivity index (χ4n) is 2.15. The maximum absolute atomic E-state index is 12.7. The first kappa shape index (κ1) is 15.3. The van der Waals surface area contributed by atoms with E-state index >= 15 is 0 Å². The molecule has 1 saturated heterocycles. The van der Waals surface area contributed by atoms with E-state index in [1.165, 1.54) is 10.4 Å². The fourth-order valence-corrected chi connectivity index (χ4v) is 3.82. The van der Waals surface area contributed by atoms with Crippen molar-refractivity contribution in [2.45, 2.75) is 24.0 Å². The lowest BCUT2D eigenvalue weighted by atomic mass is 10.2. The van der Waals surface area contributed by atoms with E-state index in [0.717, 1.165) is 12.1 Å². The maximum Gasteiger partial charge on any atom is 0.416 e. The summed E-state index contributed by atoms with van der Waals surface area (Å²) in [5.41, 5.74) is -0.957. The number of nitrogens with one attached hydrogen (secondary N) is 1. The van der Waals surface area contributed by atoms with Crippen LogP contribution in [0.15, 0.2) is 29.2 Å². The van der Waals surface area contributed by atoms with Crippen molar-refractivity contribution >= 4 is 10.0 Å². The highest BCUT2D eigenvalue weighted by Crippen LogP contribution is 2.31. The molecule has 2 rings (SSSR count). The topological polar surface area (TPSA) is 49.4 Å². The van der Waals surface area contributed by atoms with Crippen LogP contribution in [0.4, 0.5) is 13.2 Å². The molecule has 0 bridgehead atoms. The predicted molar refractivity (Wildman–Crippen MR) is 67.7 cm³/mol. The Kier molecular flexibility index (Phi) is 4.08. The molecule has 1 fully saturated rings. The van der Waals surface area contributed by atoms with Gasteiger partial charge in [0.15, 0.2) is 0 Å². The summed E-state index contributed by atoms with van der Waals surface area (Å²) >= 11 is 0. The highest BCUT2D eigenvalue weighted by atomic mass is 32.2. The largest absolute Gasteiger partial charge is 0.416 e. The van der Waals surface area contributed by atoms with E-state index in [1.807, 2.05) is 0 Å². The monoisotopic (exact) mass is 308 g/mol. The van der Waals surface area contributed by atoms with Crippen LogP contribution < -0.4 is 5.32 Å². The zero-order valence-corrected chi connectivity index (χ0v) is 11.6. The molecule has 0 spiro atoms. The molecule has 1 N–H and O–H groups in total. The molecule has 1 aliphatic rings. The second-order valence-corrected chi connectivity index (χ2v) is 6.59. The van der Waals surface area contributed by atoms with E-state index in [-0.39, 0.29) is 17.5 Å². The molecule has 0 radical (unpaired) electrons. The van der Waals surface area contributed by atoms with Crippen LogP contribution in [0.2, 0.25) is 0 Å². The molecule has 1 aromatic carbocycles. The first-order valence-electron chi connectivity index (χ1n) is 6.13. The van der Waals surface area contributed by atoms with Crippen molar-refractivity contribution in [3.8, 4) is 0 Å². The van der Waals surface area contributed by atoms with Crippen LogP contribution in [0.25, 0.3) is 0 Å². The Labute approximate surface area is 115 Å². The van der Waals surface area contributed by atoms with Crippen LogP contribution in [0.3, 0.4) is 0 Å². The molecule has 1 atom stereocenters. The molecule has 0 aliphatic carbocycles. The Morgan fingerprint density at radius 2 is 2.05 bits per heavy atom. The van der Waals surface area contributed by atoms with Crippen LogP contribution in [0.5, 0.6) is 0 Å². The molecule has 1 aromatic rings. The first-order chi connectivity index (χ1) is 9.23. The average molecular weight is 308 g/mol. The number of nitrogens with zero attached hydrogens (tertiary/aromatic N) is 1. The van der Waals surface area contributed by atoms with E-state index in [1.54, 1.807) is 6.92 Å². The lowest BCUT2D eigenvalue weighted by Gasteiger charge is -2.32. The number of halogens is 3. The normalized spacial score (nSPS) is 21.9. The number of hydrogen-bond acceptors (Lipinski definition) is 3. The Morgan fingerprint density at radius 1 is 1.35 bits per heavy atom. The van der Waals surface area contributed by atoms with Crippen molar-refractivity contribution in [3.63, 3.8) is 0 Å². The molecule has 0 amide bonds. The number of hydrogen-bond donors (Lipinski definition) is 1. The van der Waals surface area contributed by atoms with Gasteiger partial charge in [-0.1, -0.05) is 6.07 Å². The minimum atomic E-state index is -4.55. The lowest BCUT2D eigenvalue weighted by Crippen LogP contribution is -2.52. The van der Waals surface area contributed by atoms with Gasteiger partial charge >= 0.3 is 6.18 Å². The number of alkyl halides is 3. The van der Waals surface area contributed by atoms with Crippen LogP contribution >= 0.6 is 0 Å². The summed E-state index contributed by atoms with van der Waals surface area (Å²) in [5.74, 6) is 0. The van der Waals surface area contributed by atoms with E-state index in [0.29, 0.717) is 19.2 Å². The molecule has 1 aliphatic heterocycles. The Morgan fingerprint density at radius 3 is 2.65 bits per heavy atom. The van der Waals surface area contributed by atoms with Gasteiger partial charge in [0.25, 0.3) is 0 Å². The second kappa shape index (κ2) is 5.34. The number of sulfonamides is 1. The predicted octanol–water partition coefficient (Wildman–Crippen LogP) is 1.69. The Hall–Kier alpha value is -1.12. The van der Waals surface area contributed by atoms with Crippen molar-refractivity contribution in [1.82, 2.24) is 9.62 Å². The minimum Gasteiger partial charge on any atom is -0.314 e. The number of benzene rings is 1. The standard InChI is InChI=1S/C12H15F3N2O2S/c1-9-8-16-5-6-17(9)20(18,19)11-4-2-3-10(7-11)12(13,14)15/h2-4,7,9,16H,5-6,8H2,1H3. The molecule has 0 saturated carbocycles. The van der Waals surface area contributed by atoms with Crippen LogP contribution in [0.1, 0.15) is 12.5 Å². The van der Waals surface area contributed by atoms with Crippen molar-refractivity contribution in [2.24, 2.45) is 0 Å². The van der Waals surface area contributed by atoms with E-state index in [2.05, 4.69) is 5.32 Å². The molecule has 8 heteroatoms. The summed E-state index contributed by atoms with van der Waals surface area (Å²) in [7, 11) is -3.90. The van der Waals surface area contributed by atoms with E-state index in [9.17, 15) is 21.6 Å². The lowest BCUT2D eigenvalue weighted by molar-refractivity contribution is -0.137. The zero-order valence-electron chi connectivity index (χ0n) is 10.8. The summed E-state index contributed by atoms with van der Waals surface area (Å²) in [6.45, 7) is 2.94. The van der Waals surface area contributed by atoms with Crippen LogP contribution in [0, 0.1) is 0 Å². The number of piperazine rings is 1. The van der Waals surface area contributed by atoms with E-state index in [4.69, 9.17) is 0 Å². The third kappa shape index (κ3) is 2.97. The molecule has 1 heterocycles. The maximum atomic E-state index is 12.7. The summed E-state index contributed by atoms with van der Waals surface area (Å²) in [6.07, 6.45) is -4.55. The third-order valence-electron chi connectivity index (χ3n) is 3.21. The van der Waals surface area contributed by atoms with Crippen molar-refractivity contribution in [1.29, 1.82) is 0 Å². The van der Waals surface area contributed by atoms with Crippen molar-refractivity contribution in [2.75, 3.05) is 19.6 Å². The molecule has 1 unspecified atom stereocenters. The summed E-state index contributed by atoms with van der Waals surface area (Å²) in [5, 5.41) is 3.04. The first-order valence-corrected chi connectivity index (χ1v) is 7.57. The Balaban J connectivity index is 2.39. The van der Waals surface area contributed by atoms with Crippen molar-refractivity contribution < 1.29 is 21.6 Å². The quantitative estimate of drug-likeness (QED) is 0.904. The SMILES string of the molecule is CC1CNCCN1S(=O)(=O)c1cccc(C(F)(F)F)c1. The number of rotatable bonds is 2. The molecule has 112 valence electrons. The van der Waals surface area contributed by atoms with Crippen LogP contribution in [-0.4, -0.2) is 38.4 Å². The van der Waals surface area contributed by atoms with Gasteiger partial charge in [-0.05, 0) is 25.1 Å². The average Bonchev–Trinajstić information content (AvgIpc) is 2.38. The van der Waals surface area contributed by atoms with Gasteiger partial charge in [0, 0.05) is 25.7 Å². The Bertz CT molecular complexity index is 587. The highest BCUT2D eigenvalue weighted by molar-refractivity contribution is 7.89. The van der Waals surface area contributed by atoms with Gasteiger partial charge in [0.1, 0.15) is 0 Å². The minimum absolute atomic E-state index is 0.250. The summed E-state index contributed by atoms with van der Waals surface area (Å²) in [6, 6.07) is 3.56. The highest BCUT2D eigenvalue weighted by Gasteiger charge is 2.34. The summed E-state index contributed by atoms with van der Waals surface area (Å²) < 4.78 is 64.0. The molecule has 0 aromatic heterocycles. The van der Waals surface area contributed by atoms with E-state index < -0.39 is 21.8 Å². The smallest absolute Gasteiger partial charge is 0.314 e. The van der Waals surface area contributed by atoms with Crippen molar-refractivity contribution in [3.05, 3.63) is 29.8 Å². The van der Waals surface area contributed by atoms with Gasteiger partial charge in [-0.3, -0.25) is 0 Å². The second-order valence-electron chi connectivity index (χ2n) is 4.69. The van der Waals surface area contributed by atoms with Gasteiger partial charge in [0.2, 0.25) is 10.0 Å². The molecular formula is C12H15F3N2O2S. The molecule has 20 heavy (non-hydrogen) atoms. The van der Waals surface area contributed by atoms with Gasteiger partial charge in [-0.25, -0.2) is 8.42 Å². The molecule has 4 nitrogen and oxygen atoms in total. The van der Waals surface area contributed by atoms with Gasteiger partial charge in [0.05, 0.1) is 10.5 Å². The van der Waals surface area contributed by atoms with Crippen LogP contribution in [-0.2, 0) is 16.2 Å².